The molecule has 0 amide bonds. The van der Waals surface area contributed by atoms with E-state index >= 15 is 0 Å². The summed E-state index contributed by atoms with van der Waals surface area (Å²) in [6.07, 6.45) is 0. The second-order valence-electron chi connectivity index (χ2n) is 2.71. The molecule has 0 heterocycles. The highest BCUT2D eigenvalue weighted by atomic mass is 19.1. The van der Waals surface area contributed by atoms with Crippen molar-refractivity contribution in [1.29, 1.82) is 0 Å². The third kappa shape index (κ3) is 1.67. The standard InChI is InChI=1S/C9H13FN2/c1-3-12-8-5-7(10)4-6(2)9(8)11/h4-5,12H,3,11H2,1-2H3. The quantitative estimate of drug-likeness (QED) is 0.664. The van der Waals surface area contributed by atoms with Crippen LogP contribution in [0.4, 0.5) is 15.8 Å². The summed E-state index contributed by atoms with van der Waals surface area (Å²) < 4.78 is 12.8. The van der Waals surface area contributed by atoms with Crippen molar-refractivity contribution in [1.82, 2.24) is 0 Å². The van der Waals surface area contributed by atoms with Crippen molar-refractivity contribution in [3.8, 4) is 0 Å². The monoisotopic (exact) mass is 168 g/mol. The van der Waals surface area contributed by atoms with Gasteiger partial charge in [-0.3, -0.25) is 0 Å². The Morgan fingerprint density at radius 2 is 2.17 bits per heavy atom. The maximum absolute atomic E-state index is 12.8. The highest BCUT2D eigenvalue weighted by Crippen LogP contribution is 2.23. The first-order valence-electron chi connectivity index (χ1n) is 3.94. The highest BCUT2D eigenvalue weighted by Gasteiger charge is 2.03. The van der Waals surface area contributed by atoms with Gasteiger partial charge in [0.05, 0.1) is 11.4 Å². The Kier molecular flexibility index (Phi) is 2.53. The lowest BCUT2D eigenvalue weighted by Gasteiger charge is -2.09. The number of anilines is 2. The first-order chi connectivity index (χ1) is 5.65. The molecular weight excluding hydrogens is 155 g/mol. The van der Waals surface area contributed by atoms with Crippen LogP contribution in [0.5, 0.6) is 0 Å². The molecule has 0 unspecified atom stereocenters. The highest BCUT2D eigenvalue weighted by molar-refractivity contribution is 5.69. The number of nitrogens with one attached hydrogen (secondary N) is 1. The molecule has 0 radical (unpaired) electrons. The van der Waals surface area contributed by atoms with Crippen LogP contribution < -0.4 is 11.1 Å². The predicted octanol–water partition coefficient (Wildman–Crippen LogP) is 2.15. The van der Waals surface area contributed by atoms with Gasteiger partial charge in [0.15, 0.2) is 0 Å². The lowest BCUT2D eigenvalue weighted by Crippen LogP contribution is -2.02. The largest absolute Gasteiger partial charge is 0.397 e. The van der Waals surface area contributed by atoms with Crippen molar-refractivity contribution < 1.29 is 4.39 Å². The normalized spacial score (nSPS) is 9.92. The van der Waals surface area contributed by atoms with Gasteiger partial charge in [0, 0.05) is 6.54 Å². The zero-order chi connectivity index (χ0) is 9.14. The molecule has 1 aromatic carbocycles. The van der Waals surface area contributed by atoms with Crippen molar-refractivity contribution in [3.63, 3.8) is 0 Å². The van der Waals surface area contributed by atoms with E-state index in [-0.39, 0.29) is 5.82 Å². The molecule has 0 aliphatic heterocycles. The molecule has 3 heteroatoms. The summed E-state index contributed by atoms with van der Waals surface area (Å²) in [5.41, 5.74) is 7.78. The van der Waals surface area contributed by atoms with Gasteiger partial charge >= 0.3 is 0 Å². The fourth-order valence-corrected chi connectivity index (χ4v) is 1.09. The summed E-state index contributed by atoms with van der Waals surface area (Å²) in [4.78, 5) is 0. The molecule has 1 rings (SSSR count). The van der Waals surface area contributed by atoms with Crippen LogP contribution in [0.3, 0.4) is 0 Å². The van der Waals surface area contributed by atoms with Crippen molar-refractivity contribution in [2.45, 2.75) is 13.8 Å². The molecule has 2 nitrogen and oxygen atoms in total. The van der Waals surface area contributed by atoms with Gasteiger partial charge in [-0.15, -0.1) is 0 Å². The molecule has 66 valence electrons. The number of halogens is 1. The predicted molar refractivity (Wildman–Crippen MR) is 49.7 cm³/mol. The van der Waals surface area contributed by atoms with E-state index in [1.807, 2.05) is 6.92 Å². The second kappa shape index (κ2) is 3.43. The van der Waals surface area contributed by atoms with Crippen molar-refractivity contribution in [3.05, 3.63) is 23.5 Å². The molecule has 0 aliphatic carbocycles. The molecule has 0 saturated heterocycles. The lowest BCUT2D eigenvalue weighted by molar-refractivity contribution is 0.627. The average Bonchev–Trinajstić information content (AvgIpc) is 2.00. The Morgan fingerprint density at radius 1 is 1.50 bits per heavy atom. The van der Waals surface area contributed by atoms with Crippen molar-refractivity contribution >= 4 is 11.4 Å². The van der Waals surface area contributed by atoms with Crippen LogP contribution >= 0.6 is 0 Å². The molecule has 0 saturated carbocycles. The Morgan fingerprint density at radius 3 is 2.75 bits per heavy atom. The fraction of sp³-hybridized carbons (Fsp3) is 0.333. The summed E-state index contributed by atoms with van der Waals surface area (Å²) in [5.74, 6) is -0.252. The first-order valence-corrected chi connectivity index (χ1v) is 3.94. The SMILES string of the molecule is CCNc1cc(F)cc(C)c1N. The Bertz CT molecular complexity index is 284. The summed E-state index contributed by atoms with van der Waals surface area (Å²) in [5, 5.41) is 2.99. The van der Waals surface area contributed by atoms with Crippen LogP contribution in [0.25, 0.3) is 0 Å². The van der Waals surface area contributed by atoms with E-state index < -0.39 is 0 Å². The molecule has 3 N–H and O–H groups in total. The fourth-order valence-electron chi connectivity index (χ4n) is 1.09. The minimum Gasteiger partial charge on any atom is -0.397 e. The zero-order valence-corrected chi connectivity index (χ0v) is 7.32. The van der Waals surface area contributed by atoms with Gasteiger partial charge in [0.25, 0.3) is 0 Å². The van der Waals surface area contributed by atoms with Crippen LogP contribution in [0.15, 0.2) is 12.1 Å². The summed E-state index contributed by atoms with van der Waals surface area (Å²) >= 11 is 0. The number of hydrogen-bond acceptors (Lipinski definition) is 2. The third-order valence-electron chi connectivity index (χ3n) is 1.72. The topological polar surface area (TPSA) is 38.0 Å². The number of hydrogen-bond donors (Lipinski definition) is 2. The number of rotatable bonds is 2. The molecular formula is C9H13FN2. The average molecular weight is 168 g/mol. The van der Waals surface area contributed by atoms with Crippen LogP contribution in [0.2, 0.25) is 0 Å². The van der Waals surface area contributed by atoms with E-state index in [9.17, 15) is 4.39 Å². The van der Waals surface area contributed by atoms with E-state index in [0.717, 1.165) is 12.1 Å². The van der Waals surface area contributed by atoms with E-state index in [1.54, 1.807) is 6.92 Å². The maximum Gasteiger partial charge on any atom is 0.125 e. The molecule has 0 bridgehead atoms. The molecule has 0 atom stereocenters. The smallest absolute Gasteiger partial charge is 0.125 e. The van der Waals surface area contributed by atoms with Gasteiger partial charge in [0.1, 0.15) is 5.82 Å². The molecule has 0 spiro atoms. The zero-order valence-electron chi connectivity index (χ0n) is 7.32. The summed E-state index contributed by atoms with van der Waals surface area (Å²) in [6.45, 7) is 4.48. The lowest BCUT2D eigenvalue weighted by atomic mass is 10.1. The Labute approximate surface area is 71.6 Å². The van der Waals surface area contributed by atoms with E-state index in [4.69, 9.17) is 5.73 Å². The minimum absolute atomic E-state index is 0.252. The Hall–Kier alpha value is -1.25. The molecule has 0 aromatic heterocycles. The number of nitrogen functional groups attached to an aromatic ring is 1. The molecule has 1 aromatic rings. The van der Waals surface area contributed by atoms with Gasteiger partial charge < -0.3 is 11.1 Å². The van der Waals surface area contributed by atoms with Gasteiger partial charge in [-0.25, -0.2) is 4.39 Å². The number of nitrogens with two attached hydrogens (primary N) is 1. The molecule has 12 heavy (non-hydrogen) atoms. The summed E-state index contributed by atoms with van der Waals surface area (Å²) in [7, 11) is 0. The molecule has 0 aliphatic rings. The second-order valence-corrected chi connectivity index (χ2v) is 2.71. The maximum atomic E-state index is 12.8. The van der Waals surface area contributed by atoms with Gasteiger partial charge in [-0.05, 0) is 31.5 Å². The minimum atomic E-state index is -0.252. The first kappa shape index (κ1) is 8.84. The summed E-state index contributed by atoms with van der Waals surface area (Å²) in [6, 6.07) is 2.84. The van der Waals surface area contributed by atoms with Crippen molar-refractivity contribution in [2.24, 2.45) is 0 Å². The number of aryl methyl sites for hydroxylation is 1. The number of benzene rings is 1. The Balaban J connectivity index is 3.09. The van der Waals surface area contributed by atoms with Gasteiger partial charge in [-0.2, -0.15) is 0 Å². The van der Waals surface area contributed by atoms with Crippen LogP contribution in [0, 0.1) is 12.7 Å². The van der Waals surface area contributed by atoms with Crippen LogP contribution in [-0.4, -0.2) is 6.54 Å². The van der Waals surface area contributed by atoms with Crippen LogP contribution in [-0.2, 0) is 0 Å². The van der Waals surface area contributed by atoms with E-state index in [0.29, 0.717) is 11.4 Å². The van der Waals surface area contributed by atoms with Gasteiger partial charge in [-0.1, -0.05) is 0 Å². The van der Waals surface area contributed by atoms with Crippen LogP contribution in [0.1, 0.15) is 12.5 Å². The molecule has 0 fully saturated rings. The van der Waals surface area contributed by atoms with Gasteiger partial charge in [0.2, 0.25) is 0 Å². The van der Waals surface area contributed by atoms with E-state index in [2.05, 4.69) is 5.32 Å². The van der Waals surface area contributed by atoms with E-state index in [1.165, 1.54) is 12.1 Å². The van der Waals surface area contributed by atoms with Crippen molar-refractivity contribution in [2.75, 3.05) is 17.6 Å². The third-order valence-corrected chi connectivity index (χ3v) is 1.72.